The lowest BCUT2D eigenvalue weighted by Crippen LogP contribution is -2.43. The summed E-state index contributed by atoms with van der Waals surface area (Å²) in [6.45, 7) is 9.41. The highest BCUT2D eigenvalue weighted by Gasteiger charge is 2.46. The topological polar surface area (TPSA) is 71.4 Å². The number of carbonyl (C=O) groups excluding carboxylic acids is 3. The van der Waals surface area contributed by atoms with Gasteiger partial charge in [0, 0.05) is 37.2 Å². The minimum Gasteiger partial charge on any atom is -0.512 e. The Kier molecular flexibility index (Phi) is 4.09. The summed E-state index contributed by atoms with van der Waals surface area (Å²) < 4.78 is 0. The summed E-state index contributed by atoms with van der Waals surface area (Å²) in [5.74, 6) is -1.60. The number of aliphatic hydroxyl groups is 1. The number of Topliss-reactive ketones (excluding diaryl/α,β-unsaturated/α-hetero) is 3. The van der Waals surface area contributed by atoms with Gasteiger partial charge in [0.15, 0.2) is 5.78 Å². The van der Waals surface area contributed by atoms with Crippen LogP contribution in [0.2, 0.25) is 0 Å². The smallest absolute Gasteiger partial charge is 0.163 e. The quantitative estimate of drug-likeness (QED) is 0.794. The first-order chi connectivity index (χ1) is 9.93. The molecule has 0 heterocycles. The highest BCUT2D eigenvalue weighted by molar-refractivity contribution is 6.07. The van der Waals surface area contributed by atoms with E-state index >= 15 is 0 Å². The molecule has 1 atom stereocenters. The van der Waals surface area contributed by atoms with Crippen molar-refractivity contribution in [3.8, 4) is 0 Å². The highest BCUT2D eigenvalue weighted by atomic mass is 16.3. The van der Waals surface area contributed by atoms with Crippen LogP contribution in [0, 0.1) is 22.7 Å². The Morgan fingerprint density at radius 1 is 0.909 bits per heavy atom. The van der Waals surface area contributed by atoms with E-state index in [4.69, 9.17) is 0 Å². The van der Waals surface area contributed by atoms with Crippen LogP contribution in [0.1, 0.15) is 60.3 Å². The van der Waals surface area contributed by atoms with Crippen LogP contribution in [0.5, 0.6) is 0 Å². The first-order valence-corrected chi connectivity index (χ1v) is 7.94. The molecule has 1 fully saturated rings. The van der Waals surface area contributed by atoms with Gasteiger partial charge in [-0.2, -0.15) is 0 Å². The third kappa shape index (κ3) is 3.16. The van der Waals surface area contributed by atoms with E-state index in [1.807, 2.05) is 27.7 Å². The number of hydrogen-bond acceptors (Lipinski definition) is 4. The second-order valence-electron chi connectivity index (χ2n) is 8.52. The molecule has 0 unspecified atom stereocenters. The molecule has 0 spiro atoms. The molecule has 0 amide bonds. The van der Waals surface area contributed by atoms with Crippen molar-refractivity contribution >= 4 is 17.3 Å². The van der Waals surface area contributed by atoms with Crippen molar-refractivity contribution < 1.29 is 19.5 Å². The lowest BCUT2D eigenvalue weighted by molar-refractivity contribution is -0.141. The van der Waals surface area contributed by atoms with E-state index in [0.717, 1.165) is 0 Å². The first-order valence-electron chi connectivity index (χ1n) is 7.94. The number of carbonyl (C=O) groups is 3. The zero-order chi connectivity index (χ0) is 16.9. The molecule has 0 aromatic heterocycles. The SMILES string of the molecule is C[C@@H](C1=C(O)CC(C)(C)CC1=O)C1C(=O)CC(C)(C)CC1=O. The summed E-state index contributed by atoms with van der Waals surface area (Å²) in [5, 5.41) is 10.3. The fourth-order valence-electron chi connectivity index (χ4n) is 3.95. The normalized spacial score (nSPS) is 27.2. The maximum atomic E-state index is 12.4. The average molecular weight is 306 g/mol. The molecular formula is C18H26O4. The molecular weight excluding hydrogens is 280 g/mol. The molecule has 22 heavy (non-hydrogen) atoms. The maximum absolute atomic E-state index is 12.4. The van der Waals surface area contributed by atoms with Crippen LogP contribution in [0.15, 0.2) is 11.3 Å². The van der Waals surface area contributed by atoms with Gasteiger partial charge in [0.25, 0.3) is 0 Å². The van der Waals surface area contributed by atoms with Gasteiger partial charge in [0.2, 0.25) is 0 Å². The molecule has 122 valence electrons. The fraction of sp³-hybridized carbons (Fsp3) is 0.722. The average Bonchev–Trinajstić information content (AvgIpc) is 2.21. The molecule has 2 aliphatic carbocycles. The van der Waals surface area contributed by atoms with E-state index in [9.17, 15) is 19.5 Å². The van der Waals surface area contributed by atoms with E-state index in [0.29, 0.717) is 31.3 Å². The van der Waals surface area contributed by atoms with Crippen molar-refractivity contribution in [3.05, 3.63) is 11.3 Å². The van der Waals surface area contributed by atoms with Gasteiger partial charge in [0.1, 0.15) is 11.6 Å². The molecule has 0 radical (unpaired) electrons. The van der Waals surface area contributed by atoms with Crippen LogP contribution in [0.3, 0.4) is 0 Å². The van der Waals surface area contributed by atoms with Gasteiger partial charge in [-0.25, -0.2) is 0 Å². The Hall–Kier alpha value is -1.45. The van der Waals surface area contributed by atoms with E-state index in [1.165, 1.54) is 0 Å². The molecule has 2 aliphatic rings. The Morgan fingerprint density at radius 3 is 1.82 bits per heavy atom. The van der Waals surface area contributed by atoms with Crippen LogP contribution in [0.25, 0.3) is 0 Å². The molecule has 2 rings (SSSR count). The number of allylic oxidation sites excluding steroid dienone is 2. The molecule has 0 aromatic rings. The van der Waals surface area contributed by atoms with Crippen molar-refractivity contribution in [2.45, 2.75) is 60.3 Å². The molecule has 0 saturated heterocycles. The molecule has 0 aromatic carbocycles. The fourth-order valence-corrected chi connectivity index (χ4v) is 3.95. The van der Waals surface area contributed by atoms with Crippen LogP contribution < -0.4 is 0 Å². The monoisotopic (exact) mass is 306 g/mol. The van der Waals surface area contributed by atoms with E-state index in [-0.39, 0.29) is 33.9 Å². The van der Waals surface area contributed by atoms with E-state index in [1.54, 1.807) is 6.92 Å². The van der Waals surface area contributed by atoms with Gasteiger partial charge in [-0.15, -0.1) is 0 Å². The van der Waals surface area contributed by atoms with Crippen LogP contribution in [-0.2, 0) is 14.4 Å². The van der Waals surface area contributed by atoms with Crippen molar-refractivity contribution in [3.63, 3.8) is 0 Å². The predicted octanol–water partition coefficient (Wildman–Crippen LogP) is 3.40. The molecule has 4 heteroatoms. The van der Waals surface area contributed by atoms with Crippen molar-refractivity contribution in [2.75, 3.05) is 0 Å². The van der Waals surface area contributed by atoms with Crippen LogP contribution in [-0.4, -0.2) is 22.5 Å². The maximum Gasteiger partial charge on any atom is 0.163 e. The number of hydrogen-bond donors (Lipinski definition) is 1. The van der Waals surface area contributed by atoms with Crippen LogP contribution >= 0.6 is 0 Å². The molecule has 0 aliphatic heterocycles. The van der Waals surface area contributed by atoms with Gasteiger partial charge in [-0.3, -0.25) is 14.4 Å². The van der Waals surface area contributed by atoms with Gasteiger partial charge < -0.3 is 5.11 Å². The predicted molar refractivity (Wildman–Crippen MR) is 83.4 cm³/mol. The summed E-state index contributed by atoms with van der Waals surface area (Å²) in [4.78, 5) is 37.2. The van der Waals surface area contributed by atoms with Gasteiger partial charge in [0.05, 0.1) is 11.7 Å². The summed E-state index contributed by atoms with van der Waals surface area (Å²) in [6, 6.07) is 0. The van der Waals surface area contributed by atoms with Gasteiger partial charge in [-0.1, -0.05) is 34.6 Å². The molecule has 1 N–H and O–H groups in total. The largest absolute Gasteiger partial charge is 0.512 e. The second-order valence-corrected chi connectivity index (χ2v) is 8.52. The van der Waals surface area contributed by atoms with E-state index in [2.05, 4.69) is 0 Å². The molecule has 4 nitrogen and oxygen atoms in total. The Morgan fingerprint density at radius 2 is 1.36 bits per heavy atom. The highest BCUT2D eigenvalue weighted by Crippen LogP contribution is 2.43. The lowest BCUT2D eigenvalue weighted by Gasteiger charge is -2.37. The molecule has 1 saturated carbocycles. The van der Waals surface area contributed by atoms with E-state index < -0.39 is 11.8 Å². The minimum absolute atomic E-state index is 0.0548. The van der Waals surface area contributed by atoms with Gasteiger partial charge in [-0.05, 0) is 10.8 Å². The third-order valence-corrected chi connectivity index (χ3v) is 4.85. The Balaban J connectivity index is 2.32. The van der Waals surface area contributed by atoms with Crippen molar-refractivity contribution in [2.24, 2.45) is 22.7 Å². The Bertz CT molecular complexity index is 546. The number of rotatable bonds is 2. The van der Waals surface area contributed by atoms with Crippen molar-refractivity contribution in [1.82, 2.24) is 0 Å². The summed E-state index contributed by atoms with van der Waals surface area (Å²) >= 11 is 0. The number of aliphatic hydroxyl groups excluding tert-OH is 1. The van der Waals surface area contributed by atoms with Gasteiger partial charge >= 0.3 is 0 Å². The van der Waals surface area contributed by atoms with Crippen LogP contribution in [0.4, 0.5) is 0 Å². The minimum atomic E-state index is -0.782. The molecule has 0 bridgehead atoms. The zero-order valence-electron chi connectivity index (χ0n) is 14.2. The first kappa shape index (κ1) is 16.9. The summed E-state index contributed by atoms with van der Waals surface area (Å²) in [6.07, 6.45) is 1.46. The summed E-state index contributed by atoms with van der Waals surface area (Å²) in [5.41, 5.74) is -0.280. The van der Waals surface area contributed by atoms with Crippen molar-refractivity contribution in [1.29, 1.82) is 0 Å². The number of ketones is 3. The summed E-state index contributed by atoms with van der Waals surface area (Å²) in [7, 11) is 0. The standard InChI is InChI=1S/C18H26O4/c1-10(15-11(19)6-17(2,3)7-12(15)20)16-13(21)8-18(4,5)9-14(16)22/h10,15,21H,6-9H2,1-5H3/t10-/m1/s1. The second kappa shape index (κ2) is 5.32. The zero-order valence-corrected chi connectivity index (χ0v) is 14.2. The third-order valence-electron chi connectivity index (χ3n) is 4.85. The Labute approximate surface area is 132 Å². The lowest BCUT2D eigenvalue weighted by atomic mass is 9.64.